The predicted octanol–water partition coefficient (Wildman–Crippen LogP) is 1.98. The Morgan fingerprint density at radius 2 is 2.29 bits per heavy atom. The Morgan fingerprint density at radius 1 is 1.48 bits per heavy atom. The number of rotatable bonds is 5. The summed E-state index contributed by atoms with van der Waals surface area (Å²) in [7, 11) is 0. The molecular formula is C14H19Cl2N3O2. The lowest BCUT2D eigenvalue weighted by Crippen LogP contribution is -2.46. The molecule has 21 heavy (non-hydrogen) atoms. The average molecular weight is 332 g/mol. The highest BCUT2D eigenvalue weighted by Crippen LogP contribution is 2.25. The first-order valence-corrected chi connectivity index (χ1v) is 7.63. The van der Waals surface area contributed by atoms with E-state index < -0.39 is 0 Å². The van der Waals surface area contributed by atoms with Crippen molar-refractivity contribution >= 4 is 34.8 Å². The molecule has 1 unspecified atom stereocenters. The van der Waals surface area contributed by atoms with E-state index in [9.17, 15) is 4.79 Å². The molecule has 0 bridgehead atoms. The molecule has 1 aromatic rings. The minimum absolute atomic E-state index is 0.0594. The molecule has 0 radical (unpaired) electrons. The second-order valence-corrected chi connectivity index (χ2v) is 5.80. The molecule has 0 saturated carbocycles. The van der Waals surface area contributed by atoms with Gasteiger partial charge < -0.3 is 15.8 Å². The van der Waals surface area contributed by atoms with E-state index in [1.54, 1.807) is 18.2 Å². The summed E-state index contributed by atoms with van der Waals surface area (Å²) in [6.45, 7) is 3.41. The fourth-order valence-electron chi connectivity index (χ4n) is 2.19. The first-order chi connectivity index (χ1) is 10.1. The lowest BCUT2D eigenvalue weighted by Gasteiger charge is -2.32. The van der Waals surface area contributed by atoms with E-state index in [0.717, 1.165) is 13.1 Å². The maximum absolute atomic E-state index is 12.0. The Balaban J connectivity index is 1.80. The molecule has 1 aliphatic heterocycles. The average Bonchev–Trinajstić information content (AvgIpc) is 2.49. The van der Waals surface area contributed by atoms with Gasteiger partial charge in [-0.25, -0.2) is 0 Å². The summed E-state index contributed by atoms with van der Waals surface area (Å²) in [6, 6.07) is 4.98. The molecule has 2 rings (SSSR count). The fourth-order valence-corrected chi connectivity index (χ4v) is 2.53. The number of hydrogen-bond acceptors (Lipinski definition) is 4. The Kier molecular flexibility index (Phi) is 6.26. The van der Waals surface area contributed by atoms with Gasteiger partial charge in [0.15, 0.2) is 0 Å². The van der Waals surface area contributed by atoms with Crippen LogP contribution < -0.4 is 11.1 Å². The van der Waals surface area contributed by atoms with Crippen LogP contribution in [-0.2, 0) is 9.53 Å². The van der Waals surface area contributed by atoms with Crippen LogP contribution >= 0.6 is 23.2 Å². The number of hydrogen-bond donors (Lipinski definition) is 2. The number of benzene rings is 1. The van der Waals surface area contributed by atoms with Crippen molar-refractivity contribution in [1.82, 2.24) is 4.90 Å². The molecule has 1 heterocycles. The van der Waals surface area contributed by atoms with Gasteiger partial charge in [0.25, 0.3) is 0 Å². The number of nitrogens with zero attached hydrogens (tertiary/aromatic N) is 1. The Labute approximate surface area is 134 Å². The highest BCUT2D eigenvalue weighted by atomic mass is 35.5. The van der Waals surface area contributed by atoms with E-state index in [1.165, 1.54) is 0 Å². The summed E-state index contributed by atoms with van der Waals surface area (Å²) in [5.41, 5.74) is 6.13. The largest absolute Gasteiger partial charge is 0.374 e. The van der Waals surface area contributed by atoms with Gasteiger partial charge in [-0.05, 0) is 18.2 Å². The number of carbonyl (C=O) groups excluding carboxylic acids is 1. The van der Waals surface area contributed by atoms with Crippen LogP contribution in [0.2, 0.25) is 10.0 Å². The number of nitrogens with one attached hydrogen (secondary N) is 1. The van der Waals surface area contributed by atoms with Gasteiger partial charge in [0.2, 0.25) is 5.91 Å². The summed E-state index contributed by atoms with van der Waals surface area (Å²) < 4.78 is 5.49. The van der Waals surface area contributed by atoms with Gasteiger partial charge in [-0.3, -0.25) is 9.69 Å². The molecule has 7 heteroatoms. The first-order valence-electron chi connectivity index (χ1n) is 6.87. The molecule has 0 aliphatic carbocycles. The topological polar surface area (TPSA) is 67.6 Å². The molecule has 0 aromatic heterocycles. The van der Waals surface area contributed by atoms with Crippen molar-refractivity contribution in [2.75, 3.05) is 38.1 Å². The third kappa shape index (κ3) is 5.13. The molecule has 1 fully saturated rings. The van der Waals surface area contributed by atoms with Crippen molar-refractivity contribution in [3.63, 3.8) is 0 Å². The highest BCUT2D eigenvalue weighted by Gasteiger charge is 2.19. The maximum Gasteiger partial charge on any atom is 0.225 e. The van der Waals surface area contributed by atoms with E-state index in [2.05, 4.69) is 10.2 Å². The zero-order chi connectivity index (χ0) is 15.2. The van der Waals surface area contributed by atoms with E-state index in [4.69, 9.17) is 33.7 Å². The molecule has 116 valence electrons. The number of ether oxygens (including phenoxy) is 1. The summed E-state index contributed by atoms with van der Waals surface area (Å²) >= 11 is 11.9. The number of carbonyl (C=O) groups is 1. The van der Waals surface area contributed by atoms with Crippen molar-refractivity contribution in [3.8, 4) is 0 Å². The molecule has 1 aliphatic rings. The summed E-state index contributed by atoms with van der Waals surface area (Å²) in [6.07, 6.45) is 0.448. The normalized spacial score (nSPS) is 19.5. The zero-order valence-corrected chi connectivity index (χ0v) is 13.2. The van der Waals surface area contributed by atoms with E-state index >= 15 is 0 Å². The second kappa shape index (κ2) is 7.96. The monoisotopic (exact) mass is 331 g/mol. The predicted molar refractivity (Wildman–Crippen MR) is 84.9 cm³/mol. The number of morpholine rings is 1. The summed E-state index contributed by atoms with van der Waals surface area (Å²) in [5, 5.41) is 3.79. The van der Waals surface area contributed by atoms with Gasteiger partial charge in [0.1, 0.15) is 0 Å². The van der Waals surface area contributed by atoms with Gasteiger partial charge >= 0.3 is 0 Å². The number of amides is 1. The van der Waals surface area contributed by atoms with E-state index in [-0.39, 0.29) is 12.0 Å². The molecular weight excluding hydrogens is 313 g/mol. The van der Waals surface area contributed by atoms with E-state index in [0.29, 0.717) is 41.8 Å². The molecule has 1 saturated heterocycles. The Bertz CT molecular complexity index is 499. The van der Waals surface area contributed by atoms with Gasteiger partial charge in [0, 0.05) is 37.6 Å². The first kappa shape index (κ1) is 16.5. The molecule has 1 amide bonds. The lowest BCUT2D eigenvalue weighted by molar-refractivity contribution is -0.117. The van der Waals surface area contributed by atoms with E-state index in [1.807, 2.05) is 0 Å². The number of anilines is 1. The van der Waals surface area contributed by atoms with Crippen LogP contribution in [0.3, 0.4) is 0 Å². The number of halogens is 2. The van der Waals surface area contributed by atoms with Crippen LogP contribution in [0.4, 0.5) is 5.69 Å². The van der Waals surface area contributed by atoms with Crippen molar-refractivity contribution in [2.45, 2.75) is 12.5 Å². The van der Waals surface area contributed by atoms with Crippen LogP contribution in [0.1, 0.15) is 6.42 Å². The van der Waals surface area contributed by atoms with Gasteiger partial charge in [-0.1, -0.05) is 23.2 Å². The van der Waals surface area contributed by atoms with Crippen molar-refractivity contribution in [1.29, 1.82) is 0 Å². The second-order valence-electron chi connectivity index (χ2n) is 4.95. The summed E-state index contributed by atoms with van der Waals surface area (Å²) in [4.78, 5) is 14.2. The van der Waals surface area contributed by atoms with Crippen LogP contribution in [0.15, 0.2) is 18.2 Å². The van der Waals surface area contributed by atoms with Crippen molar-refractivity contribution in [3.05, 3.63) is 28.2 Å². The van der Waals surface area contributed by atoms with Crippen LogP contribution in [-0.4, -0.2) is 49.7 Å². The molecule has 1 aromatic carbocycles. The van der Waals surface area contributed by atoms with Crippen LogP contribution in [0.25, 0.3) is 0 Å². The third-order valence-electron chi connectivity index (χ3n) is 3.34. The quantitative estimate of drug-likeness (QED) is 0.865. The lowest BCUT2D eigenvalue weighted by atomic mass is 10.2. The molecule has 1 atom stereocenters. The van der Waals surface area contributed by atoms with Gasteiger partial charge in [-0.2, -0.15) is 0 Å². The number of nitrogens with two attached hydrogens (primary N) is 1. The summed E-state index contributed by atoms with van der Waals surface area (Å²) in [5.74, 6) is -0.0880. The minimum atomic E-state index is -0.0880. The maximum atomic E-state index is 12.0. The molecule has 3 N–H and O–H groups in total. The van der Waals surface area contributed by atoms with Gasteiger partial charge in [0.05, 0.1) is 23.4 Å². The van der Waals surface area contributed by atoms with Crippen molar-refractivity contribution in [2.24, 2.45) is 5.73 Å². The Hall–Kier alpha value is -0.850. The third-order valence-corrected chi connectivity index (χ3v) is 3.91. The zero-order valence-electron chi connectivity index (χ0n) is 11.6. The van der Waals surface area contributed by atoms with Gasteiger partial charge in [-0.15, -0.1) is 0 Å². The molecule has 5 nitrogen and oxygen atoms in total. The smallest absolute Gasteiger partial charge is 0.225 e. The SMILES string of the molecule is NCC1CN(CCC(=O)Nc2cc(Cl)ccc2Cl)CCO1. The standard InChI is InChI=1S/C14H19Cl2N3O2/c15-10-1-2-12(16)13(7-10)18-14(20)3-4-19-5-6-21-11(8-17)9-19/h1-2,7,11H,3-6,8-9,17H2,(H,18,20). The van der Waals surface area contributed by atoms with Crippen LogP contribution in [0, 0.1) is 0 Å². The molecule has 0 spiro atoms. The Morgan fingerprint density at radius 3 is 3.05 bits per heavy atom. The highest BCUT2D eigenvalue weighted by molar-refractivity contribution is 6.35. The minimum Gasteiger partial charge on any atom is -0.374 e. The van der Waals surface area contributed by atoms with Crippen molar-refractivity contribution < 1.29 is 9.53 Å². The van der Waals surface area contributed by atoms with Crippen LogP contribution in [0.5, 0.6) is 0 Å². The fraction of sp³-hybridized carbons (Fsp3) is 0.500.